The zero-order valence-corrected chi connectivity index (χ0v) is 17.2. The number of benzene rings is 1. The van der Waals surface area contributed by atoms with Crippen LogP contribution in [0.1, 0.15) is 61.3 Å². The maximum atomic E-state index is 12.8. The Morgan fingerprint density at radius 1 is 1.11 bits per heavy atom. The van der Waals surface area contributed by atoms with Crippen molar-refractivity contribution in [3.63, 3.8) is 0 Å². The molecule has 1 N–H and O–H groups in total. The molecule has 1 aliphatic rings. The quantitative estimate of drug-likeness (QED) is 0.777. The highest BCUT2D eigenvalue weighted by Gasteiger charge is 2.40. The average Bonchev–Trinajstić information content (AvgIpc) is 3.16. The fourth-order valence-electron chi connectivity index (χ4n) is 3.93. The molecule has 146 valence electrons. The molecular formula is C20H27N3O3S. The Morgan fingerprint density at radius 2 is 1.74 bits per heavy atom. The van der Waals surface area contributed by atoms with Crippen LogP contribution in [-0.2, 0) is 5.41 Å². The van der Waals surface area contributed by atoms with Crippen LogP contribution in [0.3, 0.4) is 0 Å². The van der Waals surface area contributed by atoms with Crippen LogP contribution in [0, 0.1) is 5.92 Å². The van der Waals surface area contributed by atoms with Gasteiger partial charge in [-0.15, -0.1) is 10.2 Å². The third-order valence-electron chi connectivity index (χ3n) is 5.58. The van der Waals surface area contributed by atoms with Crippen molar-refractivity contribution < 1.29 is 14.3 Å². The predicted octanol–water partition coefficient (Wildman–Crippen LogP) is 4.67. The second-order valence-corrected chi connectivity index (χ2v) is 8.25. The molecule has 1 aliphatic carbocycles. The van der Waals surface area contributed by atoms with Crippen molar-refractivity contribution in [2.45, 2.75) is 51.4 Å². The highest BCUT2D eigenvalue weighted by molar-refractivity contribution is 7.15. The Bertz CT molecular complexity index is 775. The Morgan fingerprint density at radius 3 is 2.30 bits per heavy atom. The number of aromatic nitrogens is 2. The third-order valence-corrected chi connectivity index (χ3v) is 6.64. The lowest BCUT2D eigenvalue weighted by molar-refractivity contribution is 0.102. The molecule has 0 bridgehead atoms. The van der Waals surface area contributed by atoms with Crippen molar-refractivity contribution in [1.82, 2.24) is 10.2 Å². The second-order valence-electron chi connectivity index (χ2n) is 7.28. The van der Waals surface area contributed by atoms with Gasteiger partial charge in [-0.3, -0.25) is 10.1 Å². The fraction of sp³-hybridized carbons (Fsp3) is 0.550. The summed E-state index contributed by atoms with van der Waals surface area (Å²) in [4.78, 5) is 12.8. The Balaban J connectivity index is 1.85. The number of methoxy groups -OCH3 is 2. The molecule has 0 unspecified atom stereocenters. The van der Waals surface area contributed by atoms with Crippen molar-refractivity contribution in [2.75, 3.05) is 19.5 Å². The van der Waals surface area contributed by atoms with Crippen LogP contribution in [0.25, 0.3) is 0 Å². The molecule has 0 spiro atoms. The number of amides is 1. The predicted molar refractivity (Wildman–Crippen MR) is 107 cm³/mol. The molecule has 3 rings (SSSR count). The van der Waals surface area contributed by atoms with Crippen molar-refractivity contribution in [3.8, 4) is 11.5 Å². The van der Waals surface area contributed by atoms with Gasteiger partial charge in [-0.2, -0.15) is 0 Å². The van der Waals surface area contributed by atoms with Crippen molar-refractivity contribution in [2.24, 2.45) is 5.92 Å². The van der Waals surface area contributed by atoms with Gasteiger partial charge in [0.2, 0.25) is 5.13 Å². The molecule has 0 saturated heterocycles. The van der Waals surface area contributed by atoms with Gasteiger partial charge in [0.05, 0.1) is 14.2 Å². The smallest absolute Gasteiger partial charge is 0.265 e. The number of nitrogens with one attached hydrogen (secondary N) is 1. The normalized spacial score (nSPS) is 16.2. The molecule has 1 heterocycles. The van der Waals surface area contributed by atoms with Crippen molar-refractivity contribution >= 4 is 22.4 Å². The van der Waals surface area contributed by atoms with Crippen LogP contribution < -0.4 is 14.8 Å². The first kappa shape index (κ1) is 19.6. The van der Waals surface area contributed by atoms with Gasteiger partial charge in [0.1, 0.15) is 22.1 Å². The highest BCUT2D eigenvalue weighted by atomic mass is 32.1. The van der Waals surface area contributed by atoms with Crippen LogP contribution in [-0.4, -0.2) is 30.3 Å². The van der Waals surface area contributed by atoms with Crippen molar-refractivity contribution in [1.29, 1.82) is 0 Å². The summed E-state index contributed by atoms with van der Waals surface area (Å²) in [5, 5.41) is 13.1. The average molecular weight is 390 g/mol. The monoisotopic (exact) mass is 389 g/mol. The van der Waals surface area contributed by atoms with E-state index < -0.39 is 0 Å². The molecule has 2 aromatic rings. The maximum absolute atomic E-state index is 12.8. The van der Waals surface area contributed by atoms with Gasteiger partial charge >= 0.3 is 0 Å². The largest absolute Gasteiger partial charge is 0.496 e. The van der Waals surface area contributed by atoms with Crippen LogP contribution in [0.4, 0.5) is 5.13 Å². The van der Waals surface area contributed by atoms with E-state index in [0.29, 0.717) is 28.1 Å². The molecule has 1 saturated carbocycles. The minimum absolute atomic E-state index is 0.0705. The first-order valence-corrected chi connectivity index (χ1v) is 10.2. The Kier molecular flexibility index (Phi) is 5.99. The summed E-state index contributed by atoms with van der Waals surface area (Å²) in [6.07, 6.45) is 5.99. The Hall–Kier alpha value is -2.15. The third kappa shape index (κ3) is 3.78. The number of nitrogens with zero attached hydrogens (tertiary/aromatic N) is 2. The standard InChI is InChI=1S/C20H27N3O3S/c1-13(2)20(11-6-5-7-12-20)18-22-23-19(27-18)21-17(24)16-14(25-3)9-8-10-15(16)26-4/h8-10,13H,5-7,11-12H2,1-4H3,(H,21,23,24). The minimum atomic E-state index is -0.311. The number of anilines is 1. The van der Waals surface area contributed by atoms with E-state index >= 15 is 0 Å². The van der Waals surface area contributed by atoms with Gasteiger partial charge in [0, 0.05) is 5.41 Å². The summed E-state index contributed by atoms with van der Waals surface area (Å²) in [6, 6.07) is 5.25. The zero-order valence-electron chi connectivity index (χ0n) is 16.4. The summed E-state index contributed by atoms with van der Waals surface area (Å²) in [5.41, 5.74) is 0.427. The lowest BCUT2D eigenvalue weighted by Crippen LogP contribution is -2.34. The molecule has 7 heteroatoms. The van der Waals surface area contributed by atoms with E-state index in [0.717, 1.165) is 17.8 Å². The summed E-state index contributed by atoms with van der Waals surface area (Å²) in [7, 11) is 3.06. The number of hydrogen-bond acceptors (Lipinski definition) is 6. The molecule has 1 amide bonds. The summed E-state index contributed by atoms with van der Waals surface area (Å²) in [5.74, 6) is 1.10. The topological polar surface area (TPSA) is 73.3 Å². The number of carbonyl (C=O) groups is 1. The molecule has 0 aliphatic heterocycles. The van der Waals surface area contributed by atoms with E-state index in [-0.39, 0.29) is 11.3 Å². The maximum Gasteiger partial charge on any atom is 0.265 e. The number of hydrogen-bond donors (Lipinski definition) is 1. The van der Waals surface area contributed by atoms with Gasteiger partial charge < -0.3 is 9.47 Å². The summed E-state index contributed by atoms with van der Waals surface area (Å²) < 4.78 is 10.6. The number of rotatable bonds is 6. The summed E-state index contributed by atoms with van der Waals surface area (Å²) in [6.45, 7) is 4.51. The summed E-state index contributed by atoms with van der Waals surface area (Å²) >= 11 is 1.48. The fourth-order valence-corrected chi connectivity index (χ4v) is 5.06. The van der Waals surface area contributed by atoms with E-state index in [2.05, 4.69) is 29.4 Å². The highest BCUT2D eigenvalue weighted by Crippen LogP contribution is 2.46. The first-order chi connectivity index (χ1) is 13.0. The van der Waals surface area contributed by atoms with Crippen molar-refractivity contribution in [3.05, 3.63) is 28.8 Å². The first-order valence-electron chi connectivity index (χ1n) is 9.38. The molecular weight excluding hydrogens is 362 g/mol. The van der Waals surface area contributed by atoms with E-state index in [1.165, 1.54) is 44.8 Å². The van der Waals surface area contributed by atoms with E-state index in [1.54, 1.807) is 18.2 Å². The SMILES string of the molecule is COc1cccc(OC)c1C(=O)Nc1nnc(C2(C(C)C)CCCCC2)s1. The lowest BCUT2D eigenvalue weighted by Gasteiger charge is -2.38. The molecule has 1 aromatic heterocycles. The van der Waals surface area contributed by atoms with Gasteiger partial charge in [0.15, 0.2) is 0 Å². The van der Waals surface area contributed by atoms with E-state index in [9.17, 15) is 4.79 Å². The van der Waals surface area contributed by atoms with E-state index in [1.807, 2.05) is 0 Å². The van der Waals surface area contributed by atoms with Crippen LogP contribution in [0.5, 0.6) is 11.5 Å². The van der Waals surface area contributed by atoms with Crippen LogP contribution in [0.15, 0.2) is 18.2 Å². The molecule has 0 atom stereocenters. The molecule has 0 radical (unpaired) electrons. The lowest BCUT2D eigenvalue weighted by atomic mass is 9.67. The second kappa shape index (κ2) is 8.25. The molecule has 27 heavy (non-hydrogen) atoms. The van der Waals surface area contributed by atoms with Gasteiger partial charge in [0.25, 0.3) is 5.91 Å². The number of ether oxygens (including phenoxy) is 2. The Labute approximate surface area is 164 Å². The van der Waals surface area contributed by atoms with Gasteiger partial charge in [-0.05, 0) is 30.9 Å². The number of carbonyl (C=O) groups excluding carboxylic acids is 1. The van der Waals surface area contributed by atoms with Gasteiger partial charge in [-0.1, -0.05) is 50.5 Å². The minimum Gasteiger partial charge on any atom is -0.496 e. The van der Waals surface area contributed by atoms with Gasteiger partial charge in [-0.25, -0.2) is 0 Å². The molecule has 1 fully saturated rings. The van der Waals surface area contributed by atoms with E-state index in [4.69, 9.17) is 9.47 Å². The van der Waals surface area contributed by atoms with Crippen LogP contribution >= 0.6 is 11.3 Å². The molecule has 6 nitrogen and oxygen atoms in total. The van der Waals surface area contributed by atoms with Crippen LogP contribution in [0.2, 0.25) is 0 Å². The zero-order chi connectivity index (χ0) is 19.4. The molecule has 1 aromatic carbocycles.